The Kier molecular flexibility index (Phi) is 6.69. The maximum atomic E-state index is 12.5. The lowest BCUT2D eigenvalue weighted by Crippen LogP contribution is -2.17. The average Bonchev–Trinajstić information content (AvgIpc) is 2.62. The molecule has 1 aromatic carbocycles. The maximum absolute atomic E-state index is 12.5. The Bertz CT molecular complexity index is 649. The van der Waals surface area contributed by atoms with Gasteiger partial charge in [0.1, 0.15) is 5.82 Å². The minimum atomic E-state index is -0.249. The van der Waals surface area contributed by atoms with Crippen LogP contribution in [-0.2, 0) is 17.6 Å². The van der Waals surface area contributed by atoms with E-state index in [1.165, 1.54) is 0 Å². The van der Waals surface area contributed by atoms with Gasteiger partial charge in [0, 0.05) is 19.3 Å². The van der Waals surface area contributed by atoms with Gasteiger partial charge in [-0.25, -0.2) is 0 Å². The Labute approximate surface area is 142 Å². The second-order valence-corrected chi connectivity index (χ2v) is 5.34. The van der Waals surface area contributed by atoms with Gasteiger partial charge in [0.2, 0.25) is 0 Å². The summed E-state index contributed by atoms with van der Waals surface area (Å²) < 4.78 is 4.96. The van der Waals surface area contributed by atoms with Crippen LogP contribution in [-0.4, -0.2) is 36.4 Å². The Hall–Kier alpha value is -2.47. The largest absolute Gasteiger partial charge is 0.383 e. The van der Waals surface area contributed by atoms with Crippen molar-refractivity contribution < 1.29 is 9.53 Å². The van der Waals surface area contributed by atoms with Crippen molar-refractivity contribution in [2.75, 3.05) is 30.9 Å². The van der Waals surface area contributed by atoms with E-state index in [9.17, 15) is 4.79 Å². The Morgan fingerprint density at radius 3 is 2.33 bits per heavy atom. The SMILES string of the molecule is CCc1cccc(CC)c1NC(=O)c1ccc(NCCOC)nn1. The maximum Gasteiger partial charge on any atom is 0.276 e. The van der Waals surface area contributed by atoms with Gasteiger partial charge in [-0.2, -0.15) is 0 Å². The van der Waals surface area contributed by atoms with Gasteiger partial charge in [-0.15, -0.1) is 10.2 Å². The van der Waals surface area contributed by atoms with Crippen LogP contribution in [0.4, 0.5) is 11.5 Å². The number of para-hydroxylation sites is 1. The second kappa shape index (κ2) is 8.98. The molecule has 0 radical (unpaired) electrons. The van der Waals surface area contributed by atoms with Crippen molar-refractivity contribution in [3.8, 4) is 0 Å². The van der Waals surface area contributed by atoms with Crippen molar-refractivity contribution in [3.05, 3.63) is 47.2 Å². The number of rotatable bonds is 8. The quantitative estimate of drug-likeness (QED) is 0.729. The van der Waals surface area contributed by atoms with E-state index in [1.54, 1.807) is 19.2 Å². The Balaban J connectivity index is 2.10. The fourth-order valence-electron chi connectivity index (χ4n) is 2.41. The monoisotopic (exact) mass is 328 g/mol. The molecule has 1 amide bonds. The van der Waals surface area contributed by atoms with Crippen molar-refractivity contribution in [2.45, 2.75) is 26.7 Å². The Morgan fingerprint density at radius 2 is 1.79 bits per heavy atom. The second-order valence-electron chi connectivity index (χ2n) is 5.34. The molecule has 1 aromatic heterocycles. The molecular formula is C18H24N4O2. The zero-order chi connectivity index (χ0) is 17.4. The molecule has 0 spiro atoms. The number of carbonyl (C=O) groups is 1. The summed E-state index contributed by atoms with van der Waals surface area (Å²) in [6, 6.07) is 9.49. The van der Waals surface area contributed by atoms with Gasteiger partial charge in [0.25, 0.3) is 5.91 Å². The van der Waals surface area contributed by atoms with Crippen LogP contribution < -0.4 is 10.6 Å². The fraction of sp³-hybridized carbons (Fsp3) is 0.389. The first kappa shape index (κ1) is 17.9. The number of nitrogens with zero attached hydrogens (tertiary/aromatic N) is 2. The molecule has 0 bridgehead atoms. The van der Waals surface area contributed by atoms with Gasteiger partial charge >= 0.3 is 0 Å². The predicted octanol–water partition coefficient (Wildman–Crippen LogP) is 2.91. The summed E-state index contributed by atoms with van der Waals surface area (Å²) in [5.74, 6) is 0.369. The average molecular weight is 328 g/mol. The molecule has 0 fully saturated rings. The molecule has 6 heteroatoms. The van der Waals surface area contributed by atoms with Crippen molar-refractivity contribution in [1.29, 1.82) is 0 Å². The molecule has 0 aliphatic rings. The van der Waals surface area contributed by atoms with Gasteiger partial charge in [-0.3, -0.25) is 4.79 Å². The lowest BCUT2D eigenvalue weighted by atomic mass is 10.0. The molecule has 24 heavy (non-hydrogen) atoms. The number of aryl methyl sites for hydroxylation is 2. The van der Waals surface area contributed by atoms with E-state index in [1.807, 2.05) is 18.2 Å². The molecule has 128 valence electrons. The standard InChI is InChI=1S/C18H24N4O2/c1-4-13-7-6-8-14(5-2)17(13)20-18(23)15-9-10-16(22-21-15)19-11-12-24-3/h6-10H,4-5,11-12H2,1-3H3,(H,19,22)(H,20,23). The van der Waals surface area contributed by atoms with Crippen LogP contribution in [0.1, 0.15) is 35.5 Å². The van der Waals surface area contributed by atoms with E-state index in [0.717, 1.165) is 29.7 Å². The smallest absolute Gasteiger partial charge is 0.276 e. The summed E-state index contributed by atoms with van der Waals surface area (Å²) in [5, 5.41) is 14.1. The third-order valence-electron chi connectivity index (χ3n) is 3.75. The Morgan fingerprint density at radius 1 is 1.08 bits per heavy atom. The van der Waals surface area contributed by atoms with Crippen LogP contribution in [0.3, 0.4) is 0 Å². The number of aromatic nitrogens is 2. The third-order valence-corrected chi connectivity index (χ3v) is 3.75. The van der Waals surface area contributed by atoms with Crippen molar-refractivity contribution in [1.82, 2.24) is 10.2 Å². The third kappa shape index (κ3) is 4.52. The lowest BCUT2D eigenvalue weighted by Gasteiger charge is -2.14. The number of methoxy groups -OCH3 is 1. The molecular weight excluding hydrogens is 304 g/mol. The summed E-state index contributed by atoms with van der Waals surface area (Å²) in [7, 11) is 1.64. The highest BCUT2D eigenvalue weighted by molar-refractivity contribution is 6.03. The van der Waals surface area contributed by atoms with Crippen molar-refractivity contribution in [3.63, 3.8) is 0 Å². The highest BCUT2D eigenvalue weighted by Crippen LogP contribution is 2.23. The van der Waals surface area contributed by atoms with Crippen LogP contribution in [0.25, 0.3) is 0 Å². The highest BCUT2D eigenvalue weighted by atomic mass is 16.5. The fourth-order valence-corrected chi connectivity index (χ4v) is 2.41. The molecule has 0 unspecified atom stereocenters. The van der Waals surface area contributed by atoms with Gasteiger partial charge in [-0.1, -0.05) is 32.0 Å². The van der Waals surface area contributed by atoms with Crippen LogP contribution in [0, 0.1) is 0 Å². The molecule has 2 N–H and O–H groups in total. The number of hydrogen-bond donors (Lipinski definition) is 2. The zero-order valence-electron chi connectivity index (χ0n) is 14.4. The van der Waals surface area contributed by atoms with Gasteiger partial charge in [0.15, 0.2) is 5.69 Å². The van der Waals surface area contributed by atoms with E-state index >= 15 is 0 Å². The van der Waals surface area contributed by atoms with E-state index in [2.05, 4.69) is 34.7 Å². The number of anilines is 2. The molecule has 0 aliphatic heterocycles. The molecule has 2 rings (SSSR count). The summed E-state index contributed by atoms with van der Waals surface area (Å²) in [5.41, 5.74) is 3.42. The van der Waals surface area contributed by atoms with Crippen LogP contribution in [0.5, 0.6) is 0 Å². The number of benzene rings is 1. The summed E-state index contributed by atoms with van der Waals surface area (Å²) in [6.45, 7) is 5.37. The van der Waals surface area contributed by atoms with E-state index in [0.29, 0.717) is 24.7 Å². The number of nitrogens with one attached hydrogen (secondary N) is 2. The molecule has 2 aromatic rings. The number of ether oxygens (including phenoxy) is 1. The normalized spacial score (nSPS) is 10.5. The first-order chi connectivity index (χ1) is 11.7. The van der Waals surface area contributed by atoms with Crippen LogP contribution >= 0.6 is 0 Å². The van der Waals surface area contributed by atoms with Gasteiger partial charge in [-0.05, 0) is 36.1 Å². The van der Waals surface area contributed by atoms with E-state index in [-0.39, 0.29) is 5.91 Å². The minimum Gasteiger partial charge on any atom is -0.383 e. The lowest BCUT2D eigenvalue weighted by molar-refractivity contribution is 0.102. The molecule has 6 nitrogen and oxygen atoms in total. The van der Waals surface area contributed by atoms with Gasteiger partial charge < -0.3 is 15.4 Å². The molecule has 0 atom stereocenters. The van der Waals surface area contributed by atoms with E-state index in [4.69, 9.17) is 4.74 Å². The minimum absolute atomic E-state index is 0.249. The molecule has 0 saturated carbocycles. The molecule has 0 aliphatic carbocycles. The summed E-state index contributed by atoms with van der Waals surface area (Å²) >= 11 is 0. The highest BCUT2D eigenvalue weighted by Gasteiger charge is 2.13. The number of amides is 1. The first-order valence-corrected chi connectivity index (χ1v) is 8.18. The van der Waals surface area contributed by atoms with Gasteiger partial charge in [0.05, 0.1) is 6.61 Å². The predicted molar refractivity (Wildman–Crippen MR) is 95.5 cm³/mol. The van der Waals surface area contributed by atoms with Crippen LogP contribution in [0.15, 0.2) is 30.3 Å². The molecule has 1 heterocycles. The summed E-state index contributed by atoms with van der Waals surface area (Å²) in [4.78, 5) is 12.5. The van der Waals surface area contributed by atoms with Crippen molar-refractivity contribution >= 4 is 17.4 Å². The molecule has 0 saturated heterocycles. The van der Waals surface area contributed by atoms with Crippen LogP contribution in [0.2, 0.25) is 0 Å². The van der Waals surface area contributed by atoms with Crippen molar-refractivity contribution in [2.24, 2.45) is 0 Å². The zero-order valence-corrected chi connectivity index (χ0v) is 14.4. The first-order valence-electron chi connectivity index (χ1n) is 8.18. The number of carbonyl (C=O) groups excluding carboxylic acids is 1. The summed E-state index contributed by atoms with van der Waals surface area (Å²) in [6.07, 6.45) is 1.72. The number of hydrogen-bond acceptors (Lipinski definition) is 5. The van der Waals surface area contributed by atoms with E-state index < -0.39 is 0 Å². The topological polar surface area (TPSA) is 76.1 Å².